The Morgan fingerprint density at radius 1 is 0.317 bits per heavy atom. The summed E-state index contributed by atoms with van der Waals surface area (Å²) in [6.07, 6.45) is 13.2. The molecule has 3 aliphatic heterocycles. The van der Waals surface area contributed by atoms with Crippen LogP contribution in [0, 0.1) is 17.5 Å². The third-order valence-corrected chi connectivity index (χ3v) is 23.2. The topological polar surface area (TPSA) is 9.72 Å². The van der Waals surface area contributed by atoms with Crippen LogP contribution in [-0.4, -0.2) is 16.6 Å². The summed E-state index contributed by atoms with van der Waals surface area (Å²) in [4.78, 5) is 7.40. The molecule has 0 saturated heterocycles. The van der Waals surface area contributed by atoms with E-state index in [4.69, 9.17) is 0 Å². The number of rotatable bonds is 6. The van der Waals surface area contributed by atoms with Crippen molar-refractivity contribution in [3.63, 3.8) is 0 Å². The van der Waals surface area contributed by atoms with E-state index in [0.717, 1.165) is 94.1 Å². The Morgan fingerprint density at radius 2 is 0.659 bits per heavy atom. The molecule has 410 valence electrons. The quantitative estimate of drug-likeness (QED) is 0.154. The van der Waals surface area contributed by atoms with Crippen molar-refractivity contribution in [3.8, 4) is 33.4 Å². The van der Waals surface area contributed by atoms with Crippen LogP contribution in [0.15, 0.2) is 170 Å². The van der Waals surface area contributed by atoms with Gasteiger partial charge < -0.3 is 14.7 Å². The van der Waals surface area contributed by atoms with Gasteiger partial charge in [0.05, 0.1) is 16.6 Å². The summed E-state index contributed by atoms with van der Waals surface area (Å²) in [5.74, 6) is -0.638. The molecule has 6 unspecified atom stereocenters. The van der Waals surface area contributed by atoms with Crippen LogP contribution in [0.4, 0.5) is 47.3 Å². The molecule has 82 heavy (non-hydrogen) atoms. The van der Waals surface area contributed by atoms with Crippen LogP contribution >= 0.6 is 0 Å². The van der Waals surface area contributed by atoms with Crippen molar-refractivity contribution in [2.75, 3.05) is 14.7 Å². The first kappa shape index (κ1) is 50.2. The van der Waals surface area contributed by atoms with Crippen LogP contribution in [0.2, 0.25) is 0 Å². The minimum atomic E-state index is -0.236. The molecule has 0 aromatic heterocycles. The maximum Gasteiger partial charge on any atom is 0.125 e. The van der Waals surface area contributed by atoms with Crippen molar-refractivity contribution < 1.29 is 13.2 Å². The van der Waals surface area contributed by atoms with E-state index in [0.29, 0.717) is 0 Å². The Bertz CT molecular complexity index is 4180. The number of hydrogen-bond donors (Lipinski definition) is 0. The van der Waals surface area contributed by atoms with Crippen LogP contribution in [0.5, 0.6) is 0 Å². The van der Waals surface area contributed by atoms with Crippen molar-refractivity contribution in [1.82, 2.24) is 0 Å². The molecular weight excluding hydrogens is 1010 g/mol. The lowest BCUT2D eigenvalue weighted by Crippen LogP contribution is -2.54. The number of nitrogens with zero attached hydrogens (tertiary/aromatic N) is 3. The molecule has 10 aromatic rings. The first-order valence-electron chi connectivity index (χ1n) is 30.4. The zero-order valence-electron chi connectivity index (χ0n) is 48.1. The molecule has 3 aliphatic carbocycles. The molecule has 6 heteroatoms. The fraction of sp³-hybridized carbons (Fsp3) is 0.316. The van der Waals surface area contributed by atoms with Crippen molar-refractivity contribution in [2.24, 2.45) is 0 Å². The Labute approximate surface area is 480 Å². The van der Waals surface area contributed by atoms with Gasteiger partial charge >= 0.3 is 0 Å². The van der Waals surface area contributed by atoms with Gasteiger partial charge in [-0.05, 0) is 239 Å². The number of halogens is 3. The Kier molecular flexibility index (Phi) is 10.6. The molecule has 10 aromatic carbocycles. The van der Waals surface area contributed by atoms with Gasteiger partial charge in [-0.1, -0.05) is 132 Å². The summed E-state index contributed by atoms with van der Waals surface area (Å²) in [5.41, 5.74) is 16.3. The van der Waals surface area contributed by atoms with Gasteiger partial charge in [-0.25, -0.2) is 13.2 Å². The van der Waals surface area contributed by atoms with E-state index < -0.39 is 0 Å². The summed E-state index contributed by atoms with van der Waals surface area (Å²) in [6, 6.07) is 59.7. The summed E-state index contributed by atoms with van der Waals surface area (Å²) >= 11 is 0. The molecular formula is C76H70F3N3. The summed E-state index contributed by atoms with van der Waals surface area (Å²) in [6.45, 7) is 14.6. The lowest BCUT2D eigenvalue weighted by atomic mass is 9.61. The molecule has 0 spiro atoms. The molecule has 6 aliphatic rings. The zero-order valence-corrected chi connectivity index (χ0v) is 48.1. The SMILES string of the molecule is CC12CCCCC1(C)N(c1cccc(F)c1)c1ccc(-c3ccc4ccc5c(-c6ccc7c(c6)C6(C)CCCCC6(C)N7c6cccc(F)c6)cc(-c6ccc7c(c6)C6(C)CCCCC6(C)N7c6cccc(F)c6)c6ccc3c4c56)cc12. The van der Waals surface area contributed by atoms with Gasteiger partial charge in [-0.15, -0.1) is 0 Å². The minimum absolute atomic E-state index is 0.136. The molecule has 3 saturated carbocycles. The van der Waals surface area contributed by atoms with Crippen molar-refractivity contribution >= 4 is 66.4 Å². The third kappa shape index (κ3) is 6.50. The molecule has 3 fully saturated rings. The highest BCUT2D eigenvalue weighted by Crippen LogP contribution is 2.65. The first-order valence-corrected chi connectivity index (χ1v) is 30.4. The van der Waals surface area contributed by atoms with Crippen LogP contribution in [0.1, 0.15) is 135 Å². The molecule has 0 amide bonds. The van der Waals surface area contributed by atoms with Gasteiger partial charge in [0.25, 0.3) is 0 Å². The molecule has 0 bridgehead atoms. The Balaban J connectivity index is 0.930. The van der Waals surface area contributed by atoms with Gasteiger partial charge in [0.1, 0.15) is 17.5 Å². The van der Waals surface area contributed by atoms with E-state index in [1.807, 2.05) is 18.2 Å². The third-order valence-electron chi connectivity index (χ3n) is 23.2. The van der Waals surface area contributed by atoms with E-state index in [9.17, 15) is 0 Å². The summed E-state index contributed by atoms with van der Waals surface area (Å²) in [5, 5.41) is 7.41. The molecule has 3 nitrogen and oxygen atoms in total. The monoisotopic (exact) mass is 1080 g/mol. The van der Waals surface area contributed by atoms with E-state index in [2.05, 4.69) is 172 Å². The van der Waals surface area contributed by atoms with Crippen LogP contribution in [0.25, 0.3) is 65.7 Å². The smallest absolute Gasteiger partial charge is 0.125 e. The van der Waals surface area contributed by atoms with Crippen molar-refractivity contribution in [1.29, 1.82) is 0 Å². The van der Waals surface area contributed by atoms with Gasteiger partial charge in [0, 0.05) is 50.4 Å². The van der Waals surface area contributed by atoms with Gasteiger partial charge in [-0.2, -0.15) is 0 Å². The van der Waals surface area contributed by atoms with Crippen molar-refractivity contribution in [2.45, 2.75) is 151 Å². The second kappa shape index (κ2) is 17.3. The van der Waals surface area contributed by atoms with E-state index in [1.54, 1.807) is 36.4 Å². The summed E-state index contributed by atoms with van der Waals surface area (Å²) < 4.78 is 45.5. The second-order valence-corrected chi connectivity index (χ2v) is 26.9. The Morgan fingerprint density at radius 3 is 1.05 bits per heavy atom. The molecule has 3 heterocycles. The normalized spacial score (nSPS) is 27.2. The highest BCUT2D eigenvalue weighted by molar-refractivity contribution is 6.30. The van der Waals surface area contributed by atoms with Crippen LogP contribution in [0.3, 0.4) is 0 Å². The van der Waals surface area contributed by atoms with Gasteiger partial charge in [-0.3, -0.25) is 0 Å². The lowest BCUT2D eigenvalue weighted by Gasteiger charge is -2.50. The molecule has 16 rings (SSSR count). The van der Waals surface area contributed by atoms with Crippen LogP contribution < -0.4 is 14.7 Å². The number of fused-ring (bicyclic) bond motifs is 9. The first-order chi connectivity index (χ1) is 39.6. The highest BCUT2D eigenvalue weighted by atomic mass is 19.1. The largest absolute Gasteiger partial charge is 0.334 e. The average molecular weight is 1080 g/mol. The number of hydrogen-bond acceptors (Lipinski definition) is 3. The van der Waals surface area contributed by atoms with E-state index in [-0.39, 0.29) is 50.3 Å². The molecule has 6 atom stereocenters. The van der Waals surface area contributed by atoms with Crippen molar-refractivity contribution in [3.05, 3.63) is 204 Å². The predicted octanol–water partition coefficient (Wildman–Crippen LogP) is 21.2. The standard InChI is InChI=1S/C76H70F3N3/c1-71-34-7-10-37-74(71,4)80(54-19-13-16-51(77)43-54)66-31-24-48(40-63(66)71)57-27-22-47-23-28-59-61(49-25-32-67-64(41-49)72(2)35-8-11-38-75(72,5)81(67)55-20-14-17-52(78)44-55)46-62(60-30-29-58(57)69(47)70(59)60)50-26-33-68-65(42-50)73(3)36-9-12-39-76(73,6)82(68)56-21-15-18-53(79)45-56/h13-33,40-46H,7-12,34-39H2,1-6H3. The average Bonchev–Trinajstić information content (AvgIpc) is 1.67. The predicted molar refractivity (Wildman–Crippen MR) is 335 cm³/mol. The van der Waals surface area contributed by atoms with Gasteiger partial charge in [0.15, 0.2) is 0 Å². The van der Waals surface area contributed by atoms with E-state index >= 15 is 13.2 Å². The zero-order chi connectivity index (χ0) is 55.9. The van der Waals surface area contributed by atoms with Gasteiger partial charge in [0.2, 0.25) is 0 Å². The molecule has 0 N–H and O–H groups in total. The number of anilines is 6. The maximum absolute atomic E-state index is 15.2. The van der Waals surface area contributed by atoms with E-state index in [1.165, 1.54) is 99.5 Å². The second-order valence-electron chi connectivity index (χ2n) is 26.9. The lowest BCUT2D eigenvalue weighted by molar-refractivity contribution is 0.195. The number of benzene rings is 10. The molecule has 0 radical (unpaired) electrons. The maximum atomic E-state index is 15.2. The fourth-order valence-corrected chi connectivity index (χ4v) is 18.4. The Hall–Kier alpha value is -7.57. The van der Waals surface area contributed by atoms with Crippen LogP contribution in [-0.2, 0) is 16.2 Å². The minimum Gasteiger partial charge on any atom is -0.334 e. The fourth-order valence-electron chi connectivity index (χ4n) is 18.4. The highest BCUT2D eigenvalue weighted by Gasteiger charge is 2.60. The summed E-state index contributed by atoms with van der Waals surface area (Å²) in [7, 11) is 0.